The molecular weight excluding hydrogens is 404 g/mol. The van der Waals surface area contributed by atoms with E-state index in [1.54, 1.807) is 22.8 Å². The van der Waals surface area contributed by atoms with E-state index >= 15 is 0 Å². The van der Waals surface area contributed by atoms with Crippen LogP contribution in [0.3, 0.4) is 0 Å². The molecule has 27 heavy (non-hydrogen) atoms. The standard InChI is InChI=1S/C18H13ClN4O2S2/c1-2-8-23-17(24)12-7-9-26-16(12)20-18(23)27-10-14-21-22-15(25-14)11-5-3-4-6-13(11)19/h2-7,9H,1,8,10H2. The average molecular weight is 417 g/mol. The molecule has 0 aliphatic heterocycles. The lowest BCUT2D eigenvalue weighted by atomic mass is 10.2. The molecule has 0 amide bonds. The normalized spacial score (nSPS) is 11.1. The summed E-state index contributed by atoms with van der Waals surface area (Å²) in [5.74, 6) is 1.18. The summed E-state index contributed by atoms with van der Waals surface area (Å²) in [7, 11) is 0. The second-order valence-corrected chi connectivity index (χ2v) is 7.75. The summed E-state index contributed by atoms with van der Waals surface area (Å²) in [6, 6.07) is 9.07. The van der Waals surface area contributed by atoms with Gasteiger partial charge in [-0.15, -0.1) is 28.1 Å². The second kappa shape index (κ2) is 7.67. The summed E-state index contributed by atoms with van der Waals surface area (Å²) in [6.07, 6.45) is 1.67. The molecular formula is C18H13ClN4O2S2. The van der Waals surface area contributed by atoms with Crippen LogP contribution in [0.15, 0.2) is 62.7 Å². The predicted molar refractivity (Wildman–Crippen MR) is 108 cm³/mol. The van der Waals surface area contributed by atoms with Gasteiger partial charge in [0.1, 0.15) is 4.83 Å². The summed E-state index contributed by atoms with van der Waals surface area (Å²) in [6.45, 7) is 4.11. The van der Waals surface area contributed by atoms with Crippen molar-refractivity contribution in [2.75, 3.05) is 0 Å². The van der Waals surface area contributed by atoms with Crippen LogP contribution >= 0.6 is 34.7 Å². The molecule has 0 atom stereocenters. The van der Waals surface area contributed by atoms with Crippen LogP contribution in [0.25, 0.3) is 21.7 Å². The maximum absolute atomic E-state index is 12.6. The van der Waals surface area contributed by atoms with Gasteiger partial charge in [0.2, 0.25) is 11.8 Å². The van der Waals surface area contributed by atoms with Crippen molar-refractivity contribution < 1.29 is 4.42 Å². The fraction of sp³-hybridized carbons (Fsp3) is 0.111. The molecule has 6 nitrogen and oxygen atoms in total. The fourth-order valence-electron chi connectivity index (χ4n) is 2.51. The molecule has 3 heterocycles. The zero-order valence-electron chi connectivity index (χ0n) is 14.0. The van der Waals surface area contributed by atoms with Gasteiger partial charge in [-0.1, -0.05) is 41.6 Å². The van der Waals surface area contributed by atoms with E-state index in [9.17, 15) is 4.79 Å². The maximum atomic E-state index is 12.6. The van der Waals surface area contributed by atoms with Crippen LogP contribution < -0.4 is 5.56 Å². The number of aromatic nitrogens is 4. The quantitative estimate of drug-likeness (QED) is 0.259. The Balaban J connectivity index is 1.61. The first kappa shape index (κ1) is 18.0. The fourth-order valence-corrected chi connectivity index (χ4v) is 4.38. The van der Waals surface area contributed by atoms with E-state index in [-0.39, 0.29) is 5.56 Å². The van der Waals surface area contributed by atoms with Crippen LogP contribution in [-0.4, -0.2) is 19.7 Å². The molecule has 0 saturated heterocycles. The molecule has 0 fully saturated rings. The topological polar surface area (TPSA) is 73.8 Å². The third-order valence-electron chi connectivity index (χ3n) is 3.76. The first-order valence-corrected chi connectivity index (χ1v) is 10.2. The lowest BCUT2D eigenvalue weighted by Gasteiger charge is -2.08. The van der Waals surface area contributed by atoms with E-state index in [1.165, 1.54) is 23.1 Å². The molecule has 0 radical (unpaired) electrons. The maximum Gasteiger partial charge on any atom is 0.263 e. The number of fused-ring (bicyclic) bond motifs is 1. The number of nitrogens with zero attached hydrogens (tertiary/aromatic N) is 4. The lowest BCUT2D eigenvalue weighted by Crippen LogP contribution is -2.22. The molecule has 0 N–H and O–H groups in total. The molecule has 4 rings (SSSR count). The Morgan fingerprint density at radius 1 is 1.30 bits per heavy atom. The zero-order valence-corrected chi connectivity index (χ0v) is 16.4. The minimum Gasteiger partial charge on any atom is -0.420 e. The van der Waals surface area contributed by atoms with Gasteiger partial charge in [-0.05, 0) is 23.6 Å². The van der Waals surface area contributed by atoms with Crippen LogP contribution in [0.4, 0.5) is 0 Å². The van der Waals surface area contributed by atoms with Crippen molar-refractivity contribution in [1.29, 1.82) is 0 Å². The number of halogens is 1. The van der Waals surface area contributed by atoms with E-state index in [0.717, 1.165) is 0 Å². The van der Waals surface area contributed by atoms with E-state index in [4.69, 9.17) is 16.0 Å². The molecule has 1 aromatic carbocycles. The molecule has 0 spiro atoms. The Labute approximate surface area is 167 Å². The molecule has 0 unspecified atom stereocenters. The molecule has 0 saturated carbocycles. The second-order valence-electron chi connectivity index (χ2n) is 5.51. The molecule has 0 bridgehead atoms. The lowest BCUT2D eigenvalue weighted by molar-refractivity contribution is 0.528. The monoisotopic (exact) mass is 416 g/mol. The molecule has 4 aromatic rings. The SMILES string of the molecule is C=CCn1c(SCc2nnc(-c3ccccc3Cl)o2)nc2sccc2c1=O. The van der Waals surface area contributed by atoms with Crippen molar-refractivity contribution in [3.8, 4) is 11.5 Å². The Hall–Kier alpha value is -2.42. The molecule has 0 aliphatic carbocycles. The number of allylic oxidation sites excluding steroid dienone is 1. The van der Waals surface area contributed by atoms with Gasteiger partial charge in [0.25, 0.3) is 5.56 Å². The van der Waals surface area contributed by atoms with Gasteiger partial charge >= 0.3 is 0 Å². The van der Waals surface area contributed by atoms with Crippen LogP contribution in [0.5, 0.6) is 0 Å². The zero-order chi connectivity index (χ0) is 18.8. The third-order valence-corrected chi connectivity index (χ3v) is 5.85. The summed E-state index contributed by atoms with van der Waals surface area (Å²) in [5.41, 5.74) is 0.607. The molecule has 9 heteroatoms. The molecule has 136 valence electrons. The first-order chi connectivity index (χ1) is 13.2. The number of thiophene rings is 1. The molecule has 0 aliphatic rings. The number of thioether (sulfide) groups is 1. The summed E-state index contributed by atoms with van der Waals surface area (Å²) in [4.78, 5) is 17.9. The minimum absolute atomic E-state index is 0.0778. The van der Waals surface area contributed by atoms with E-state index in [1.807, 2.05) is 23.6 Å². The van der Waals surface area contributed by atoms with E-state index in [0.29, 0.717) is 50.0 Å². The highest BCUT2D eigenvalue weighted by molar-refractivity contribution is 7.98. The highest BCUT2D eigenvalue weighted by Gasteiger charge is 2.15. The van der Waals surface area contributed by atoms with Crippen molar-refractivity contribution in [2.24, 2.45) is 0 Å². The number of rotatable bonds is 6. The minimum atomic E-state index is -0.0778. The number of hydrogen-bond donors (Lipinski definition) is 0. The van der Waals surface area contributed by atoms with Crippen LogP contribution in [0.1, 0.15) is 5.89 Å². The van der Waals surface area contributed by atoms with Crippen LogP contribution in [0.2, 0.25) is 5.02 Å². The highest BCUT2D eigenvalue weighted by atomic mass is 35.5. The summed E-state index contributed by atoms with van der Waals surface area (Å²) >= 11 is 8.97. The predicted octanol–water partition coefficient (Wildman–Crippen LogP) is 4.64. The average Bonchev–Trinajstić information content (AvgIpc) is 3.32. The van der Waals surface area contributed by atoms with Crippen LogP contribution in [-0.2, 0) is 12.3 Å². The van der Waals surface area contributed by atoms with Crippen molar-refractivity contribution >= 4 is 44.9 Å². The van der Waals surface area contributed by atoms with Gasteiger partial charge in [-0.3, -0.25) is 9.36 Å². The van der Waals surface area contributed by atoms with Crippen molar-refractivity contribution in [3.05, 3.63) is 69.6 Å². The van der Waals surface area contributed by atoms with Gasteiger partial charge in [0, 0.05) is 6.54 Å². The van der Waals surface area contributed by atoms with Gasteiger partial charge in [0.15, 0.2) is 5.16 Å². The van der Waals surface area contributed by atoms with E-state index in [2.05, 4.69) is 21.8 Å². The van der Waals surface area contributed by atoms with Crippen molar-refractivity contribution in [1.82, 2.24) is 19.7 Å². The Bertz CT molecular complexity index is 1180. The van der Waals surface area contributed by atoms with Crippen LogP contribution in [0, 0.1) is 0 Å². The van der Waals surface area contributed by atoms with Gasteiger partial charge in [-0.25, -0.2) is 4.98 Å². The highest BCUT2D eigenvalue weighted by Crippen LogP contribution is 2.28. The third kappa shape index (κ3) is 3.55. The Kier molecular flexibility index (Phi) is 5.11. The first-order valence-electron chi connectivity index (χ1n) is 7.96. The Morgan fingerprint density at radius 2 is 2.15 bits per heavy atom. The largest absolute Gasteiger partial charge is 0.420 e. The van der Waals surface area contributed by atoms with Gasteiger partial charge in [0.05, 0.1) is 21.7 Å². The van der Waals surface area contributed by atoms with E-state index < -0.39 is 0 Å². The summed E-state index contributed by atoms with van der Waals surface area (Å²) < 4.78 is 7.31. The van der Waals surface area contributed by atoms with Gasteiger partial charge in [-0.2, -0.15) is 0 Å². The smallest absolute Gasteiger partial charge is 0.263 e. The Morgan fingerprint density at radius 3 is 2.96 bits per heavy atom. The number of hydrogen-bond acceptors (Lipinski definition) is 7. The van der Waals surface area contributed by atoms with Crippen molar-refractivity contribution in [3.63, 3.8) is 0 Å². The van der Waals surface area contributed by atoms with Gasteiger partial charge < -0.3 is 4.42 Å². The molecule has 3 aromatic heterocycles. The van der Waals surface area contributed by atoms with Crippen molar-refractivity contribution in [2.45, 2.75) is 17.5 Å². The number of benzene rings is 1. The summed E-state index contributed by atoms with van der Waals surface area (Å²) in [5, 5.41) is 11.7.